The van der Waals surface area contributed by atoms with E-state index in [0.717, 1.165) is 16.9 Å². The lowest BCUT2D eigenvalue weighted by atomic mass is 10.0. The topological polar surface area (TPSA) is 67.9 Å². The van der Waals surface area contributed by atoms with Crippen molar-refractivity contribution >= 4 is 11.8 Å². The van der Waals surface area contributed by atoms with Gasteiger partial charge in [-0.2, -0.15) is 0 Å². The Morgan fingerprint density at radius 3 is 2.06 bits per heavy atom. The van der Waals surface area contributed by atoms with Gasteiger partial charge in [-0.15, -0.1) is 0 Å². The first kappa shape index (κ1) is 21.9. The second-order valence-corrected chi connectivity index (χ2v) is 6.90. The zero-order valence-electron chi connectivity index (χ0n) is 17.7. The van der Waals surface area contributed by atoms with Gasteiger partial charge in [-0.1, -0.05) is 60.7 Å². The zero-order chi connectivity index (χ0) is 22.1. The van der Waals surface area contributed by atoms with Crippen molar-refractivity contribution in [1.82, 2.24) is 10.2 Å². The maximum atomic E-state index is 13.3. The van der Waals surface area contributed by atoms with Crippen molar-refractivity contribution in [2.24, 2.45) is 0 Å². The van der Waals surface area contributed by atoms with Gasteiger partial charge < -0.3 is 19.7 Å². The van der Waals surface area contributed by atoms with Crippen molar-refractivity contribution in [2.45, 2.75) is 12.6 Å². The minimum Gasteiger partial charge on any atom is -0.497 e. The predicted octanol–water partition coefficient (Wildman–Crippen LogP) is 3.59. The summed E-state index contributed by atoms with van der Waals surface area (Å²) in [5.41, 5.74) is 1.60. The lowest BCUT2D eigenvalue weighted by molar-refractivity contribution is -0.143. The summed E-state index contributed by atoms with van der Waals surface area (Å²) in [7, 11) is 3.16. The van der Waals surface area contributed by atoms with Gasteiger partial charge in [0.25, 0.3) is 5.91 Å². The van der Waals surface area contributed by atoms with Crippen LogP contribution in [0.1, 0.15) is 17.2 Å². The van der Waals surface area contributed by atoms with E-state index in [2.05, 4.69) is 5.32 Å². The predicted molar refractivity (Wildman–Crippen MR) is 119 cm³/mol. The molecule has 1 atom stereocenters. The Kier molecular flexibility index (Phi) is 7.65. The molecule has 31 heavy (non-hydrogen) atoms. The van der Waals surface area contributed by atoms with Crippen LogP contribution in [0.15, 0.2) is 84.9 Å². The lowest BCUT2D eigenvalue weighted by Gasteiger charge is -2.31. The van der Waals surface area contributed by atoms with Crippen molar-refractivity contribution in [1.29, 1.82) is 0 Å². The van der Waals surface area contributed by atoms with Crippen molar-refractivity contribution in [2.75, 3.05) is 20.8 Å². The number of hydrogen-bond acceptors (Lipinski definition) is 4. The molecule has 160 valence electrons. The molecule has 3 rings (SSSR count). The van der Waals surface area contributed by atoms with Gasteiger partial charge in [0, 0.05) is 13.6 Å². The summed E-state index contributed by atoms with van der Waals surface area (Å²) < 4.78 is 10.9. The number of likely N-dealkylation sites (N-methyl/N-ethyl adjacent to an activating group) is 1. The SMILES string of the molecule is CNC(=O)[C@@H](c1ccccc1)N(Cc1ccc(OC)cc1)C(=O)COc1ccccc1. The van der Waals surface area contributed by atoms with E-state index < -0.39 is 6.04 Å². The number of carbonyl (C=O) groups is 2. The third-order valence-electron chi connectivity index (χ3n) is 4.86. The summed E-state index contributed by atoms with van der Waals surface area (Å²) >= 11 is 0. The molecule has 0 radical (unpaired) electrons. The van der Waals surface area contributed by atoms with Crippen LogP contribution < -0.4 is 14.8 Å². The highest BCUT2D eigenvalue weighted by atomic mass is 16.5. The normalized spacial score (nSPS) is 11.3. The van der Waals surface area contributed by atoms with Crippen LogP contribution in [0.5, 0.6) is 11.5 Å². The summed E-state index contributed by atoms with van der Waals surface area (Å²) in [4.78, 5) is 27.7. The number of benzene rings is 3. The largest absolute Gasteiger partial charge is 0.497 e. The Bertz CT molecular complexity index is 975. The number of nitrogens with one attached hydrogen (secondary N) is 1. The lowest BCUT2D eigenvalue weighted by Crippen LogP contribution is -2.44. The van der Waals surface area contributed by atoms with E-state index in [-0.39, 0.29) is 25.0 Å². The first-order chi connectivity index (χ1) is 15.1. The Balaban J connectivity index is 1.90. The fraction of sp³-hybridized carbons (Fsp3) is 0.200. The molecule has 0 unspecified atom stereocenters. The minimum absolute atomic E-state index is 0.180. The van der Waals surface area contributed by atoms with Crippen molar-refractivity contribution in [3.8, 4) is 11.5 Å². The number of nitrogens with zero attached hydrogens (tertiary/aromatic N) is 1. The zero-order valence-corrected chi connectivity index (χ0v) is 17.7. The van der Waals surface area contributed by atoms with E-state index in [1.807, 2.05) is 72.8 Å². The maximum Gasteiger partial charge on any atom is 0.261 e. The van der Waals surface area contributed by atoms with Gasteiger partial charge in [0.05, 0.1) is 7.11 Å². The number of ether oxygens (including phenoxy) is 2. The molecule has 2 amide bonds. The third kappa shape index (κ3) is 5.85. The molecular weight excluding hydrogens is 392 g/mol. The highest BCUT2D eigenvalue weighted by molar-refractivity contribution is 5.89. The molecule has 6 heteroatoms. The third-order valence-corrected chi connectivity index (χ3v) is 4.86. The van der Waals surface area contributed by atoms with Crippen molar-refractivity contribution in [3.05, 3.63) is 96.1 Å². The molecular formula is C25H26N2O4. The first-order valence-corrected chi connectivity index (χ1v) is 9.99. The molecule has 0 aliphatic heterocycles. The molecule has 0 spiro atoms. The van der Waals surface area contributed by atoms with Crippen LogP contribution in [0.25, 0.3) is 0 Å². The van der Waals surface area contributed by atoms with Crippen molar-refractivity contribution < 1.29 is 19.1 Å². The molecule has 0 bridgehead atoms. The van der Waals surface area contributed by atoms with Crippen LogP contribution in [0.4, 0.5) is 0 Å². The molecule has 0 heterocycles. The van der Waals surface area contributed by atoms with Gasteiger partial charge in [-0.3, -0.25) is 9.59 Å². The summed E-state index contributed by atoms with van der Waals surface area (Å²) in [5.74, 6) is 0.751. The highest BCUT2D eigenvalue weighted by Gasteiger charge is 2.31. The Hall–Kier alpha value is -3.80. The number of amides is 2. The quantitative estimate of drug-likeness (QED) is 0.577. The maximum absolute atomic E-state index is 13.3. The molecule has 3 aromatic carbocycles. The highest BCUT2D eigenvalue weighted by Crippen LogP contribution is 2.25. The van der Waals surface area contributed by atoms with Gasteiger partial charge in [-0.05, 0) is 35.4 Å². The van der Waals surface area contributed by atoms with Crippen LogP contribution in [-0.4, -0.2) is 37.5 Å². The second kappa shape index (κ2) is 10.8. The molecule has 0 aliphatic carbocycles. The standard InChI is InChI=1S/C25H26N2O4/c1-26-25(29)24(20-9-5-3-6-10-20)27(17-19-13-15-21(30-2)16-14-19)23(28)18-31-22-11-7-4-8-12-22/h3-16,24H,17-18H2,1-2H3,(H,26,29)/t24-/m1/s1. The fourth-order valence-corrected chi connectivity index (χ4v) is 3.24. The summed E-state index contributed by atoms with van der Waals surface area (Å²) in [6, 6.07) is 25.0. The van der Waals surface area contributed by atoms with Crippen LogP contribution in [-0.2, 0) is 16.1 Å². The monoisotopic (exact) mass is 418 g/mol. The van der Waals surface area contributed by atoms with Gasteiger partial charge in [0.2, 0.25) is 5.91 Å². The Morgan fingerprint density at radius 2 is 1.48 bits per heavy atom. The number of hydrogen-bond donors (Lipinski definition) is 1. The average molecular weight is 418 g/mol. The van der Waals surface area contributed by atoms with E-state index in [9.17, 15) is 9.59 Å². The van der Waals surface area contributed by atoms with Crippen LogP contribution in [0, 0.1) is 0 Å². The number of methoxy groups -OCH3 is 1. The van der Waals surface area contributed by atoms with Gasteiger partial charge in [0.15, 0.2) is 6.61 Å². The van der Waals surface area contributed by atoms with Gasteiger partial charge >= 0.3 is 0 Å². The van der Waals surface area contributed by atoms with E-state index in [0.29, 0.717) is 5.75 Å². The number of para-hydroxylation sites is 1. The van der Waals surface area contributed by atoms with E-state index in [1.54, 1.807) is 31.2 Å². The van der Waals surface area contributed by atoms with E-state index in [4.69, 9.17) is 9.47 Å². The van der Waals surface area contributed by atoms with E-state index >= 15 is 0 Å². The molecule has 3 aromatic rings. The van der Waals surface area contributed by atoms with Crippen LogP contribution in [0.3, 0.4) is 0 Å². The van der Waals surface area contributed by atoms with E-state index in [1.165, 1.54) is 0 Å². The van der Waals surface area contributed by atoms with Crippen LogP contribution in [0.2, 0.25) is 0 Å². The van der Waals surface area contributed by atoms with Gasteiger partial charge in [-0.25, -0.2) is 0 Å². The Morgan fingerprint density at radius 1 is 0.871 bits per heavy atom. The summed E-state index contributed by atoms with van der Waals surface area (Å²) in [6.07, 6.45) is 0. The van der Waals surface area contributed by atoms with Gasteiger partial charge in [0.1, 0.15) is 17.5 Å². The number of carbonyl (C=O) groups excluding carboxylic acids is 2. The summed E-state index contributed by atoms with van der Waals surface area (Å²) in [6.45, 7) is 0.0639. The second-order valence-electron chi connectivity index (χ2n) is 6.90. The minimum atomic E-state index is -0.792. The molecule has 0 fully saturated rings. The average Bonchev–Trinajstić information content (AvgIpc) is 2.83. The molecule has 6 nitrogen and oxygen atoms in total. The molecule has 1 N–H and O–H groups in total. The number of rotatable bonds is 9. The molecule has 0 saturated heterocycles. The fourth-order valence-electron chi connectivity index (χ4n) is 3.24. The molecule has 0 aromatic heterocycles. The Labute approximate surface area is 182 Å². The van der Waals surface area contributed by atoms with Crippen molar-refractivity contribution in [3.63, 3.8) is 0 Å². The van der Waals surface area contributed by atoms with Crippen LogP contribution >= 0.6 is 0 Å². The summed E-state index contributed by atoms with van der Waals surface area (Å²) in [5, 5.41) is 2.68. The molecule has 0 saturated carbocycles. The molecule has 0 aliphatic rings. The smallest absolute Gasteiger partial charge is 0.261 e. The first-order valence-electron chi connectivity index (χ1n) is 9.99.